The molecule has 2 atom stereocenters. The lowest BCUT2D eigenvalue weighted by molar-refractivity contribution is 0.0901. The van der Waals surface area contributed by atoms with Crippen molar-refractivity contribution in [3.05, 3.63) is 32.6 Å². The van der Waals surface area contributed by atoms with Crippen molar-refractivity contribution < 1.29 is 5.11 Å². The molecule has 2 N–H and O–H groups in total. The van der Waals surface area contributed by atoms with Gasteiger partial charge in [-0.2, -0.15) is 0 Å². The van der Waals surface area contributed by atoms with Crippen LogP contribution in [-0.4, -0.2) is 26.4 Å². The summed E-state index contributed by atoms with van der Waals surface area (Å²) in [5, 5.41) is 13.1. The first-order valence-electron chi connectivity index (χ1n) is 6.67. The second-order valence-corrected chi connectivity index (χ2v) is 5.25. The summed E-state index contributed by atoms with van der Waals surface area (Å²) < 4.78 is 2.50. The molecule has 1 aliphatic rings. The average molecular weight is 267 g/mol. The van der Waals surface area contributed by atoms with Gasteiger partial charge >= 0.3 is 5.69 Å². The lowest BCUT2D eigenvalue weighted by Crippen LogP contribution is -2.44. The molecule has 1 saturated carbocycles. The quantitative estimate of drug-likeness (QED) is 0.772. The molecule has 1 aliphatic carbocycles. The van der Waals surface area contributed by atoms with E-state index in [4.69, 9.17) is 0 Å². The molecule has 0 aromatic carbocycles. The number of hydrogen-bond acceptors (Lipinski definition) is 4. The number of rotatable bonds is 3. The zero-order valence-electron chi connectivity index (χ0n) is 11.4. The summed E-state index contributed by atoms with van der Waals surface area (Å²) in [5.41, 5.74) is -0.0604. The molecule has 6 nitrogen and oxygen atoms in total. The van der Waals surface area contributed by atoms with Gasteiger partial charge in [0.1, 0.15) is 0 Å². The molecule has 0 saturated heterocycles. The molecule has 1 aromatic rings. The molecular formula is C13H21N3O3. The summed E-state index contributed by atoms with van der Waals surface area (Å²) in [5.74, 6) is 0. The number of aryl methyl sites for hydroxylation is 1. The predicted octanol–water partition coefficient (Wildman–Crippen LogP) is -0.523. The van der Waals surface area contributed by atoms with Crippen molar-refractivity contribution in [2.75, 3.05) is 0 Å². The van der Waals surface area contributed by atoms with E-state index in [2.05, 4.69) is 5.32 Å². The Labute approximate surface area is 111 Å². The zero-order chi connectivity index (χ0) is 14.0. The van der Waals surface area contributed by atoms with Crippen molar-refractivity contribution in [2.24, 2.45) is 14.1 Å². The lowest BCUT2D eigenvalue weighted by Gasteiger charge is -2.28. The molecule has 2 unspecified atom stereocenters. The minimum atomic E-state index is -0.342. The van der Waals surface area contributed by atoms with Gasteiger partial charge in [-0.3, -0.25) is 9.36 Å². The maximum Gasteiger partial charge on any atom is 0.330 e. The fourth-order valence-electron chi connectivity index (χ4n) is 2.59. The van der Waals surface area contributed by atoms with Crippen molar-refractivity contribution in [3.63, 3.8) is 0 Å². The minimum Gasteiger partial charge on any atom is -0.392 e. The van der Waals surface area contributed by atoms with Crippen LogP contribution in [0.3, 0.4) is 0 Å². The molecule has 1 heterocycles. The van der Waals surface area contributed by atoms with Gasteiger partial charge in [-0.1, -0.05) is 12.8 Å². The molecular weight excluding hydrogens is 246 g/mol. The molecule has 0 bridgehead atoms. The third-order valence-electron chi connectivity index (χ3n) is 3.80. The number of aliphatic hydroxyl groups is 1. The Hall–Kier alpha value is -1.40. The zero-order valence-corrected chi connectivity index (χ0v) is 11.4. The van der Waals surface area contributed by atoms with Gasteiger partial charge in [0.05, 0.1) is 6.10 Å². The Morgan fingerprint density at radius 3 is 2.68 bits per heavy atom. The molecule has 106 valence electrons. The van der Waals surface area contributed by atoms with Gasteiger partial charge in [0.2, 0.25) is 0 Å². The Morgan fingerprint density at radius 2 is 2.00 bits per heavy atom. The van der Waals surface area contributed by atoms with Gasteiger partial charge in [-0.15, -0.1) is 0 Å². The molecule has 1 fully saturated rings. The third-order valence-corrected chi connectivity index (χ3v) is 3.80. The third kappa shape index (κ3) is 2.96. The number of aliphatic hydroxyl groups excluding tert-OH is 1. The van der Waals surface area contributed by atoms with E-state index in [1.807, 2.05) is 0 Å². The predicted molar refractivity (Wildman–Crippen MR) is 72.0 cm³/mol. The summed E-state index contributed by atoms with van der Waals surface area (Å²) in [6.07, 6.45) is 5.11. The topological polar surface area (TPSA) is 76.3 Å². The van der Waals surface area contributed by atoms with Crippen LogP contribution in [0.4, 0.5) is 0 Å². The second-order valence-electron chi connectivity index (χ2n) is 5.25. The molecule has 1 aromatic heterocycles. The average Bonchev–Trinajstić information content (AvgIpc) is 2.40. The molecule has 6 heteroatoms. The van der Waals surface area contributed by atoms with Crippen LogP contribution >= 0.6 is 0 Å². The molecule has 19 heavy (non-hydrogen) atoms. The first-order chi connectivity index (χ1) is 9.00. The van der Waals surface area contributed by atoms with Crippen LogP contribution < -0.4 is 16.6 Å². The van der Waals surface area contributed by atoms with E-state index in [9.17, 15) is 14.7 Å². The summed E-state index contributed by atoms with van der Waals surface area (Å²) in [6.45, 7) is 0.377. The minimum absolute atomic E-state index is 0.0377. The van der Waals surface area contributed by atoms with E-state index in [-0.39, 0.29) is 23.4 Å². The van der Waals surface area contributed by atoms with Gasteiger partial charge in [0.25, 0.3) is 5.56 Å². The van der Waals surface area contributed by atoms with Gasteiger partial charge in [-0.25, -0.2) is 4.79 Å². The Balaban J connectivity index is 2.12. The molecule has 0 radical (unpaired) electrons. The highest BCUT2D eigenvalue weighted by Crippen LogP contribution is 2.18. The molecule has 0 spiro atoms. The Kier molecular flexibility index (Phi) is 4.21. The largest absolute Gasteiger partial charge is 0.392 e. The van der Waals surface area contributed by atoms with Crippen molar-refractivity contribution in [3.8, 4) is 0 Å². The highest BCUT2D eigenvalue weighted by atomic mass is 16.3. The number of nitrogens with one attached hydrogen (secondary N) is 1. The summed E-state index contributed by atoms with van der Waals surface area (Å²) >= 11 is 0. The van der Waals surface area contributed by atoms with E-state index in [0.717, 1.165) is 30.3 Å². The lowest BCUT2D eigenvalue weighted by atomic mass is 9.92. The van der Waals surface area contributed by atoms with Crippen molar-refractivity contribution >= 4 is 0 Å². The highest BCUT2D eigenvalue weighted by molar-refractivity contribution is 5.05. The smallest absolute Gasteiger partial charge is 0.330 e. The van der Waals surface area contributed by atoms with Gasteiger partial charge < -0.3 is 15.0 Å². The van der Waals surface area contributed by atoms with E-state index < -0.39 is 0 Å². The van der Waals surface area contributed by atoms with Crippen molar-refractivity contribution in [2.45, 2.75) is 44.4 Å². The van der Waals surface area contributed by atoms with Crippen molar-refractivity contribution in [1.29, 1.82) is 0 Å². The van der Waals surface area contributed by atoms with E-state index in [1.165, 1.54) is 11.6 Å². The Bertz CT molecular complexity index is 561. The van der Waals surface area contributed by atoms with Gasteiger partial charge in [0, 0.05) is 38.4 Å². The standard InChI is InChI=1S/C13H21N3O3/c1-15-8-9(12(18)16(2)13(15)19)7-14-10-5-3-4-6-11(10)17/h8,10-11,14,17H,3-7H2,1-2H3. The first kappa shape index (κ1) is 14.0. The highest BCUT2D eigenvalue weighted by Gasteiger charge is 2.22. The van der Waals surface area contributed by atoms with Crippen LogP contribution in [0.25, 0.3) is 0 Å². The maximum atomic E-state index is 11.9. The monoisotopic (exact) mass is 267 g/mol. The van der Waals surface area contributed by atoms with Crippen LogP contribution in [0, 0.1) is 0 Å². The van der Waals surface area contributed by atoms with Crippen molar-refractivity contribution in [1.82, 2.24) is 14.5 Å². The van der Waals surface area contributed by atoms with Gasteiger partial charge in [0.15, 0.2) is 0 Å². The fourth-order valence-corrected chi connectivity index (χ4v) is 2.59. The SMILES string of the molecule is Cn1cc(CNC2CCCCC2O)c(=O)n(C)c1=O. The van der Waals surface area contributed by atoms with Crippen LogP contribution in [0.2, 0.25) is 0 Å². The van der Waals surface area contributed by atoms with Gasteiger partial charge in [-0.05, 0) is 12.8 Å². The van der Waals surface area contributed by atoms with E-state index in [1.54, 1.807) is 13.2 Å². The summed E-state index contributed by atoms with van der Waals surface area (Å²) in [7, 11) is 3.10. The normalized spacial score (nSPS) is 23.5. The summed E-state index contributed by atoms with van der Waals surface area (Å²) in [4.78, 5) is 23.5. The summed E-state index contributed by atoms with van der Waals surface area (Å²) in [6, 6.07) is 0.0377. The van der Waals surface area contributed by atoms with Crippen LogP contribution in [0.15, 0.2) is 15.8 Å². The molecule has 0 amide bonds. The van der Waals surface area contributed by atoms with Crippen LogP contribution in [0.5, 0.6) is 0 Å². The Morgan fingerprint density at radius 1 is 1.32 bits per heavy atom. The molecule has 2 rings (SSSR count). The van der Waals surface area contributed by atoms with E-state index in [0.29, 0.717) is 12.1 Å². The van der Waals surface area contributed by atoms with E-state index >= 15 is 0 Å². The number of hydrogen-bond donors (Lipinski definition) is 2. The number of aromatic nitrogens is 2. The fraction of sp³-hybridized carbons (Fsp3) is 0.692. The number of nitrogens with zero attached hydrogens (tertiary/aromatic N) is 2. The second kappa shape index (κ2) is 5.71. The first-order valence-corrected chi connectivity index (χ1v) is 6.67. The maximum absolute atomic E-state index is 11.9. The molecule has 0 aliphatic heterocycles. The van der Waals surface area contributed by atoms with Crippen LogP contribution in [0.1, 0.15) is 31.2 Å². The van der Waals surface area contributed by atoms with Crippen LogP contribution in [-0.2, 0) is 20.6 Å².